The summed E-state index contributed by atoms with van der Waals surface area (Å²) in [5.74, 6) is -0.797. The van der Waals surface area contributed by atoms with Gasteiger partial charge in [-0.3, -0.25) is 18.6 Å². The number of ether oxygens (including phenoxy) is 2. The van der Waals surface area contributed by atoms with Crippen LogP contribution in [0.5, 0.6) is 0 Å². The second kappa shape index (κ2) is 49.0. The molecule has 0 aliphatic rings. The van der Waals surface area contributed by atoms with Crippen molar-refractivity contribution in [2.45, 2.75) is 258 Å². The van der Waals surface area contributed by atoms with Crippen molar-refractivity contribution < 1.29 is 42.1 Å². The van der Waals surface area contributed by atoms with Crippen molar-refractivity contribution in [3.8, 4) is 0 Å². The maximum Gasteiger partial charge on any atom is 0.472 e. The molecule has 1 N–H and O–H groups in total. The molecule has 67 heavy (non-hydrogen) atoms. The van der Waals surface area contributed by atoms with E-state index in [1.165, 1.54) is 148 Å². The van der Waals surface area contributed by atoms with Crippen LogP contribution in [-0.4, -0.2) is 74.9 Å². The number of hydrogen-bond donors (Lipinski definition) is 1. The molecule has 0 aromatic heterocycles. The molecule has 0 amide bonds. The maximum atomic E-state index is 12.8. The number of quaternary nitrogens is 1. The van der Waals surface area contributed by atoms with E-state index in [1.54, 1.807) is 0 Å². The Bertz CT molecular complexity index is 1270. The molecule has 0 saturated heterocycles. The fourth-order valence-electron chi connectivity index (χ4n) is 7.83. The van der Waals surface area contributed by atoms with Crippen LogP contribution in [0.2, 0.25) is 0 Å². The highest BCUT2D eigenvalue weighted by Gasteiger charge is 2.27. The molecule has 2 atom stereocenters. The highest BCUT2D eigenvalue weighted by molar-refractivity contribution is 7.47. The van der Waals surface area contributed by atoms with E-state index in [2.05, 4.69) is 62.5 Å². The van der Waals surface area contributed by atoms with Crippen molar-refractivity contribution in [2.24, 2.45) is 0 Å². The summed E-state index contributed by atoms with van der Waals surface area (Å²) in [4.78, 5) is 35.6. The van der Waals surface area contributed by atoms with Gasteiger partial charge in [0.05, 0.1) is 27.7 Å². The Morgan fingerprint density at radius 2 is 0.851 bits per heavy atom. The highest BCUT2D eigenvalue weighted by atomic mass is 31.2. The van der Waals surface area contributed by atoms with Gasteiger partial charge in [0, 0.05) is 12.8 Å². The lowest BCUT2D eigenvalue weighted by Gasteiger charge is -2.24. The first-order chi connectivity index (χ1) is 32.5. The fraction of sp³-hybridized carbons (Fsp3) is 0.825. The first-order valence-electron chi connectivity index (χ1n) is 27.9. The minimum atomic E-state index is -4.39. The van der Waals surface area contributed by atoms with Gasteiger partial charge < -0.3 is 18.9 Å². The van der Waals surface area contributed by atoms with Crippen molar-refractivity contribution in [3.05, 3.63) is 48.6 Å². The Labute approximate surface area is 414 Å². The number of carbonyl (C=O) groups is 2. The van der Waals surface area contributed by atoms with Crippen LogP contribution in [0.3, 0.4) is 0 Å². The van der Waals surface area contributed by atoms with Gasteiger partial charge in [0.15, 0.2) is 6.10 Å². The van der Waals surface area contributed by atoms with E-state index in [9.17, 15) is 19.0 Å². The van der Waals surface area contributed by atoms with Crippen LogP contribution in [0.15, 0.2) is 48.6 Å². The molecule has 392 valence electrons. The number of carbonyl (C=O) groups excluding carboxylic acids is 2. The van der Waals surface area contributed by atoms with Crippen LogP contribution >= 0.6 is 7.82 Å². The van der Waals surface area contributed by atoms with Crippen LogP contribution in [0.1, 0.15) is 251 Å². The molecule has 0 spiro atoms. The summed E-state index contributed by atoms with van der Waals surface area (Å²) in [5, 5.41) is 0. The van der Waals surface area contributed by atoms with Gasteiger partial charge in [-0.25, -0.2) is 4.57 Å². The fourth-order valence-corrected chi connectivity index (χ4v) is 8.57. The molecule has 0 aliphatic carbocycles. The molecule has 0 aliphatic heterocycles. The molecule has 0 bridgehead atoms. The average Bonchev–Trinajstić information content (AvgIpc) is 3.29. The predicted molar refractivity (Wildman–Crippen MR) is 284 cm³/mol. The van der Waals surface area contributed by atoms with Crippen LogP contribution in [0, 0.1) is 0 Å². The molecule has 0 fully saturated rings. The summed E-state index contributed by atoms with van der Waals surface area (Å²) in [6, 6.07) is 0. The molecule has 0 aromatic rings. The van der Waals surface area contributed by atoms with Gasteiger partial charge in [-0.1, -0.05) is 236 Å². The van der Waals surface area contributed by atoms with Gasteiger partial charge in [0.2, 0.25) is 0 Å². The number of hydrogen-bond acceptors (Lipinski definition) is 7. The highest BCUT2D eigenvalue weighted by Crippen LogP contribution is 2.43. The van der Waals surface area contributed by atoms with Gasteiger partial charge in [0.1, 0.15) is 19.8 Å². The monoisotopic (exact) mass is 965 g/mol. The molecule has 0 rings (SSSR count). The van der Waals surface area contributed by atoms with Gasteiger partial charge in [-0.2, -0.15) is 0 Å². The molecule has 0 aromatic carbocycles. The van der Waals surface area contributed by atoms with Crippen LogP contribution < -0.4 is 0 Å². The largest absolute Gasteiger partial charge is 0.472 e. The zero-order valence-electron chi connectivity index (χ0n) is 44.4. The standard InChI is InChI=1S/C57H106NO8P/c1-6-8-10-12-14-16-18-20-22-24-26-28-30-31-33-35-37-39-41-43-45-47-49-56(59)63-53-55(54-65-67(61,62)64-52-51-58(3,4)5)66-57(60)50-48-46-44-42-40-38-36-34-32-29-27-25-23-21-19-17-15-13-11-9-7-2/h9,11,15,17,21,23,27,29,55H,6-8,10,12-14,16,18-20,22,24-26,28,30-54H2,1-5H3/p+1/b11-9-,17-15-,23-21-,29-27-. The molecular formula is C57H107NO8P+. The molecular weight excluding hydrogens is 858 g/mol. The molecule has 10 heteroatoms. The van der Waals surface area contributed by atoms with Gasteiger partial charge in [0.25, 0.3) is 0 Å². The number of nitrogens with zero attached hydrogens (tertiary/aromatic N) is 1. The maximum absolute atomic E-state index is 12.8. The van der Waals surface area contributed by atoms with Crippen molar-refractivity contribution >= 4 is 19.8 Å². The third kappa shape index (κ3) is 53.2. The third-order valence-corrected chi connectivity index (χ3v) is 13.1. The Morgan fingerprint density at radius 3 is 1.27 bits per heavy atom. The molecule has 0 radical (unpaired) electrons. The molecule has 9 nitrogen and oxygen atoms in total. The summed E-state index contributed by atoms with van der Waals surface area (Å²) in [7, 11) is 1.48. The van der Waals surface area contributed by atoms with E-state index in [0.717, 1.165) is 70.6 Å². The second-order valence-electron chi connectivity index (χ2n) is 19.9. The molecule has 0 heterocycles. The van der Waals surface area contributed by atoms with E-state index in [-0.39, 0.29) is 25.6 Å². The number of esters is 2. The topological polar surface area (TPSA) is 108 Å². The first kappa shape index (κ1) is 65.0. The lowest BCUT2D eigenvalue weighted by molar-refractivity contribution is -0.870. The quantitative estimate of drug-likeness (QED) is 0.0211. The third-order valence-electron chi connectivity index (χ3n) is 12.1. The average molecular weight is 965 g/mol. The lowest BCUT2D eigenvalue weighted by atomic mass is 10.0. The van der Waals surface area contributed by atoms with E-state index in [1.807, 2.05) is 21.1 Å². The summed E-state index contributed by atoms with van der Waals surface area (Å²) in [5.41, 5.74) is 0. The van der Waals surface area contributed by atoms with Crippen LogP contribution in [-0.2, 0) is 32.7 Å². The minimum Gasteiger partial charge on any atom is -0.462 e. The normalized spacial score (nSPS) is 13.7. The lowest BCUT2D eigenvalue weighted by Crippen LogP contribution is -2.37. The first-order valence-corrected chi connectivity index (χ1v) is 29.4. The summed E-state index contributed by atoms with van der Waals surface area (Å²) in [6.45, 7) is 4.34. The number of likely N-dealkylation sites (N-methyl/N-ethyl adjacent to an activating group) is 1. The Morgan fingerprint density at radius 1 is 0.478 bits per heavy atom. The van der Waals surface area contributed by atoms with Crippen molar-refractivity contribution in [2.75, 3.05) is 47.5 Å². The van der Waals surface area contributed by atoms with Gasteiger partial charge in [-0.15, -0.1) is 0 Å². The number of rotatable bonds is 51. The van der Waals surface area contributed by atoms with E-state index < -0.39 is 26.5 Å². The summed E-state index contributed by atoms with van der Waals surface area (Å²) < 4.78 is 34.5. The predicted octanol–water partition coefficient (Wildman–Crippen LogP) is 17.0. The van der Waals surface area contributed by atoms with Crippen LogP contribution in [0.25, 0.3) is 0 Å². The van der Waals surface area contributed by atoms with E-state index >= 15 is 0 Å². The molecule has 2 unspecified atom stereocenters. The van der Waals surface area contributed by atoms with E-state index in [0.29, 0.717) is 23.9 Å². The summed E-state index contributed by atoms with van der Waals surface area (Å²) >= 11 is 0. The smallest absolute Gasteiger partial charge is 0.462 e. The molecule has 0 saturated carbocycles. The SMILES string of the molecule is CC/C=C\C/C=C\C/C=C\C/C=C\CCCCCCCCCCC(=O)OC(COC(=O)CCCCCCCCCCCCCCCCCCCCCCCC)COP(=O)(O)OCC[N+](C)(C)C. The van der Waals surface area contributed by atoms with Crippen molar-refractivity contribution in [1.29, 1.82) is 0 Å². The van der Waals surface area contributed by atoms with E-state index in [4.69, 9.17) is 18.5 Å². The van der Waals surface area contributed by atoms with Crippen molar-refractivity contribution in [3.63, 3.8) is 0 Å². The number of allylic oxidation sites excluding steroid dienone is 8. The number of phosphoric ester groups is 1. The Hall–Kier alpha value is -2.03. The van der Waals surface area contributed by atoms with Gasteiger partial charge >= 0.3 is 19.8 Å². The zero-order valence-corrected chi connectivity index (χ0v) is 45.3. The summed E-state index contributed by atoms with van der Waals surface area (Å²) in [6.07, 6.45) is 60.3. The zero-order chi connectivity index (χ0) is 49.2. The minimum absolute atomic E-state index is 0.0300. The second-order valence-corrected chi connectivity index (χ2v) is 21.4. The Balaban J connectivity index is 4.19. The van der Waals surface area contributed by atoms with Crippen molar-refractivity contribution in [1.82, 2.24) is 0 Å². The number of unbranched alkanes of at least 4 members (excludes halogenated alkanes) is 29. The van der Waals surface area contributed by atoms with Gasteiger partial charge in [-0.05, 0) is 51.4 Å². The number of phosphoric acid groups is 1. The van der Waals surface area contributed by atoms with Crippen LogP contribution in [0.4, 0.5) is 0 Å². The Kier molecular flexibility index (Phi) is 47.5.